The van der Waals surface area contributed by atoms with Crippen LogP contribution in [0.15, 0.2) is 54.1 Å². The molecule has 1 aliphatic rings. The van der Waals surface area contributed by atoms with E-state index in [2.05, 4.69) is 13.8 Å². The Hall–Kier alpha value is -3.12. The van der Waals surface area contributed by atoms with Crippen molar-refractivity contribution in [3.63, 3.8) is 0 Å². The fraction of sp³-hybridized carbons (Fsp3) is 0.407. The minimum atomic E-state index is -0.660. The number of carbonyl (C=O) groups excluding carboxylic acids is 2. The predicted molar refractivity (Wildman–Crippen MR) is 130 cm³/mol. The number of carbonyl (C=O) groups is 2. The summed E-state index contributed by atoms with van der Waals surface area (Å²) in [4.78, 5) is 29.6. The number of hydrogen-bond acceptors (Lipinski definition) is 5. The molecular weight excluding hydrogens is 416 g/mol. The Morgan fingerprint density at radius 3 is 2.12 bits per heavy atom. The molecule has 1 aliphatic heterocycles. The maximum Gasteiger partial charge on any atom is 0.295 e. The van der Waals surface area contributed by atoms with Gasteiger partial charge in [-0.2, -0.15) is 0 Å². The van der Waals surface area contributed by atoms with Crippen molar-refractivity contribution in [1.29, 1.82) is 0 Å². The van der Waals surface area contributed by atoms with E-state index >= 15 is 0 Å². The molecule has 0 aliphatic carbocycles. The van der Waals surface area contributed by atoms with Crippen LogP contribution in [0, 0.1) is 0 Å². The van der Waals surface area contributed by atoms with Gasteiger partial charge in [-0.25, -0.2) is 0 Å². The van der Waals surface area contributed by atoms with E-state index in [1.165, 1.54) is 5.56 Å². The molecule has 2 aromatic carbocycles. The molecule has 0 bridgehead atoms. The van der Waals surface area contributed by atoms with Crippen molar-refractivity contribution in [3.8, 4) is 5.75 Å². The van der Waals surface area contributed by atoms with E-state index < -0.39 is 17.7 Å². The second-order valence-corrected chi connectivity index (χ2v) is 9.31. The van der Waals surface area contributed by atoms with E-state index in [1.54, 1.807) is 29.2 Å². The van der Waals surface area contributed by atoms with Gasteiger partial charge in [0.2, 0.25) is 0 Å². The first-order chi connectivity index (χ1) is 15.6. The van der Waals surface area contributed by atoms with E-state index in [-0.39, 0.29) is 17.4 Å². The zero-order chi connectivity index (χ0) is 24.3. The molecule has 0 radical (unpaired) electrons. The van der Waals surface area contributed by atoms with Crippen molar-refractivity contribution >= 4 is 17.4 Å². The highest BCUT2D eigenvalue weighted by molar-refractivity contribution is 6.46. The second kappa shape index (κ2) is 10.2. The fourth-order valence-corrected chi connectivity index (χ4v) is 3.95. The Balaban J connectivity index is 2.07. The molecule has 0 aromatic heterocycles. The van der Waals surface area contributed by atoms with E-state index in [0.717, 1.165) is 5.56 Å². The lowest BCUT2D eigenvalue weighted by Gasteiger charge is -2.27. The summed E-state index contributed by atoms with van der Waals surface area (Å²) in [6.07, 6.45) is 0.0280. The number of Topliss-reactive ketones (excluding diaryl/α,β-unsaturated/α-hetero) is 1. The average Bonchev–Trinajstić information content (AvgIpc) is 3.02. The van der Waals surface area contributed by atoms with Crippen LogP contribution in [0.2, 0.25) is 0 Å². The van der Waals surface area contributed by atoms with Gasteiger partial charge in [-0.3, -0.25) is 9.59 Å². The third-order valence-electron chi connectivity index (χ3n) is 5.75. The van der Waals surface area contributed by atoms with Gasteiger partial charge in [-0.05, 0) is 69.3 Å². The summed E-state index contributed by atoms with van der Waals surface area (Å²) in [5.41, 5.74) is 2.57. The van der Waals surface area contributed by atoms with Crippen molar-refractivity contribution in [1.82, 2.24) is 9.80 Å². The highest BCUT2D eigenvalue weighted by atomic mass is 16.5. The summed E-state index contributed by atoms with van der Waals surface area (Å²) >= 11 is 0. The molecule has 0 saturated carbocycles. The lowest BCUT2D eigenvalue weighted by atomic mass is 9.93. The quantitative estimate of drug-likeness (QED) is 0.362. The summed E-state index contributed by atoms with van der Waals surface area (Å²) in [5.74, 6) is -0.378. The van der Waals surface area contributed by atoms with Gasteiger partial charge in [0.15, 0.2) is 0 Å². The minimum absolute atomic E-state index is 0.0280. The predicted octanol–water partition coefficient (Wildman–Crippen LogP) is 4.58. The van der Waals surface area contributed by atoms with E-state index in [9.17, 15) is 14.7 Å². The van der Waals surface area contributed by atoms with Crippen LogP contribution >= 0.6 is 0 Å². The number of likely N-dealkylation sites (N-methyl/N-ethyl adjacent to an activating group) is 1. The lowest BCUT2D eigenvalue weighted by Crippen LogP contribution is -2.35. The number of likely N-dealkylation sites (tertiary alicyclic amines) is 1. The van der Waals surface area contributed by atoms with Crippen LogP contribution in [0.3, 0.4) is 0 Å². The SMILES string of the molecule is CC(C)Oc1ccc(/C(O)=C2\C(=O)C(=O)N(CCN(C)C)[C@@H]2c2ccc(C(C)C)cc2)cc1. The molecule has 1 fully saturated rings. The van der Waals surface area contributed by atoms with Crippen LogP contribution in [0.1, 0.15) is 56.3 Å². The minimum Gasteiger partial charge on any atom is -0.507 e. The summed E-state index contributed by atoms with van der Waals surface area (Å²) in [6.45, 7) is 9.10. The van der Waals surface area contributed by atoms with Gasteiger partial charge in [0.05, 0.1) is 17.7 Å². The standard InChI is InChI=1S/C27H34N2O4/c1-17(2)19-7-9-20(10-8-19)24-23(26(31)27(32)29(24)16-15-28(5)6)25(30)21-11-13-22(14-12-21)33-18(3)4/h7-14,17-18,24,30H,15-16H2,1-6H3/b25-23+/t24-/m1/s1. The van der Waals surface area contributed by atoms with Gasteiger partial charge in [0, 0.05) is 18.7 Å². The number of hydrogen-bond donors (Lipinski definition) is 1. The molecule has 176 valence electrons. The Kier molecular flexibility index (Phi) is 7.59. The smallest absolute Gasteiger partial charge is 0.295 e. The number of aliphatic hydroxyl groups excluding tert-OH is 1. The molecule has 0 unspecified atom stereocenters. The summed E-state index contributed by atoms with van der Waals surface area (Å²) in [6, 6.07) is 14.2. The van der Waals surface area contributed by atoms with Gasteiger partial charge in [-0.15, -0.1) is 0 Å². The Morgan fingerprint density at radius 2 is 1.61 bits per heavy atom. The van der Waals surface area contributed by atoms with Crippen LogP contribution in [-0.2, 0) is 9.59 Å². The monoisotopic (exact) mass is 450 g/mol. The molecule has 1 saturated heterocycles. The fourth-order valence-electron chi connectivity index (χ4n) is 3.95. The van der Waals surface area contributed by atoms with Gasteiger partial charge in [0.25, 0.3) is 11.7 Å². The molecule has 1 heterocycles. The maximum absolute atomic E-state index is 13.1. The number of ether oxygens (including phenoxy) is 1. The van der Waals surface area contributed by atoms with Crippen LogP contribution in [0.5, 0.6) is 5.75 Å². The van der Waals surface area contributed by atoms with Gasteiger partial charge in [-0.1, -0.05) is 38.1 Å². The number of ketones is 1. The lowest BCUT2D eigenvalue weighted by molar-refractivity contribution is -0.140. The third kappa shape index (κ3) is 5.45. The molecule has 6 nitrogen and oxygen atoms in total. The first-order valence-electron chi connectivity index (χ1n) is 11.4. The summed E-state index contributed by atoms with van der Waals surface area (Å²) < 4.78 is 5.67. The van der Waals surface area contributed by atoms with Crippen LogP contribution in [0.4, 0.5) is 0 Å². The van der Waals surface area contributed by atoms with E-state index in [1.807, 2.05) is 57.1 Å². The molecule has 3 rings (SSSR count). The largest absolute Gasteiger partial charge is 0.507 e. The Bertz CT molecular complexity index is 1020. The number of nitrogens with zero attached hydrogens (tertiary/aromatic N) is 2. The Labute approximate surface area is 196 Å². The first-order valence-corrected chi connectivity index (χ1v) is 11.4. The highest BCUT2D eigenvalue weighted by Gasteiger charge is 2.45. The number of benzene rings is 2. The zero-order valence-electron chi connectivity index (χ0n) is 20.3. The molecule has 1 amide bonds. The summed E-state index contributed by atoms with van der Waals surface area (Å²) in [7, 11) is 3.84. The number of amides is 1. The Morgan fingerprint density at radius 1 is 1.00 bits per heavy atom. The molecular formula is C27H34N2O4. The van der Waals surface area contributed by atoms with Crippen molar-refractivity contribution in [3.05, 3.63) is 70.8 Å². The van der Waals surface area contributed by atoms with E-state index in [0.29, 0.717) is 30.3 Å². The third-order valence-corrected chi connectivity index (χ3v) is 5.75. The molecule has 6 heteroatoms. The molecule has 1 atom stereocenters. The van der Waals surface area contributed by atoms with Gasteiger partial charge in [0.1, 0.15) is 11.5 Å². The average molecular weight is 451 g/mol. The van der Waals surface area contributed by atoms with E-state index in [4.69, 9.17) is 4.74 Å². The topological polar surface area (TPSA) is 70.1 Å². The molecule has 2 aromatic rings. The van der Waals surface area contributed by atoms with Gasteiger partial charge >= 0.3 is 0 Å². The van der Waals surface area contributed by atoms with Crippen molar-refractivity contribution < 1.29 is 19.4 Å². The normalized spacial score (nSPS) is 18.1. The molecule has 33 heavy (non-hydrogen) atoms. The highest BCUT2D eigenvalue weighted by Crippen LogP contribution is 2.39. The molecule has 0 spiro atoms. The van der Waals surface area contributed by atoms with Gasteiger partial charge < -0.3 is 19.6 Å². The number of rotatable bonds is 8. The molecule has 1 N–H and O–H groups in total. The van der Waals surface area contributed by atoms with Crippen LogP contribution in [0.25, 0.3) is 5.76 Å². The first kappa shape index (κ1) is 24.5. The van der Waals surface area contributed by atoms with Crippen molar-refractivity contribution in [2.45, 2.75) is 45.8 Å². The number of aliphatic hydroxyl groups is 1. The summed E-state index contributed by atoms with van der Waals surface area (Å²) in [5, 5.41) is 11.2. The maximum atomic E-state index is 13.1. The zero-order valence-corrected chi connectivity index (χ0v) is 20.3. The van der Waals surface area contributed by atoms with Crippen LogP contribution in [-0.4, -0.2) is 59.9 Å². The van der Waals surface area contributed by atoms with Crippen molar-refractivity contribution in [2.75, 3.05) is 27.2 Å². The van der Waals surface area contributed by atoms with Crippen LogP contribution < -0.4 is 4.74 Å². The second-order valence-electron chi connectivity index (χ2n) is 9.31. The van der Waals surface area contributed by atoms with Crippen molar-refractivity contribution in [2.24, 2.45) is 0 Å².